The molecule has 0 saturated heterocycles. The average Bonchev–Trinajstić information content (AvgIpc) is 2.35. The first-order valence-electron chi connectivity index (χ1n) is 7.52. The fraction of sp³-hybridized carbons (Fsp3) is 0.647. The van der Waals surface area contributed by atoms with Crippen LogP contribution in [0.4, 0.5) is 4.39 Å². The Bertz CT molecular complexity index is 426. The van der Waals surface area contributed by atoms with Crippen LogP contribution in [0.25, 0.3) is 0 Å². The van der Waals surface area contributed by atoms with Crippen LogP contribution in [0.3, 0.4) is 0 Å². The monoisotopic (exact) mass is 342 g/mol. The lowest BCUT2D eigenvalue weighted by molar-refractivity contribution is -0.0473. The van der Waals surface area contributed by atoms with Crippen molar-refractivity contribution in [2.75, 3.05) is 0 Å². The molecule has 0 spiro atoms. The summed E-state index contributed by atoms with van der Waals surface area (Å²) >= 11 is 3.33. The van der Waals surface area contributed by atoms with Crippen LogP contribution in [0.1, 0.15) is 45.6 Å². The summed E-state index contributed by atoms with van der Waals surface area (Å²) in [7, 11) is 0. The zero-order valence-electron chi connectivity index (χ0n) is 12.5. The summed E-state index contributed by atoms with van der Waals surface area (Å²) in [4.78, 5) is 0. The van der Waals surface area contributed by atoms with E-state index >= 15 is 0 Å². The summed E-state index contributed by atoms with van der Waals surface area (Å²) in [5, 5.41) is 0. The van der Waals surface area contributed by atoms with Crippen molar-refractivity contribution in [2.45, 2.75) is 52.7 Å². The highest BCUT2D eigenvalue weighted by atomic mass is 79.9. The van der Waals surface area contributed by atoms with Gasteiger partial charge in [0, 0.05) is 4.47 Å². The van der Waals surface area contributed by atoms with Gasteiger partial charge in [0.05, 0.1) is 12.7 Å². The Hall–Kier alpha value is -0.410. The average molecular weight is 343 g/mol. The molecular formula is C17H24BrFO. The highest BCUT2D eigenvalue weighted by Crippen LogP contribution is 2.35. The van der Waals surface area contributed by atoms with Crippen molar-refractivity contribution in [3.8, 4) is 0 Å². The van der Waals surface area contributed by atoms with Crippen LogP contribution in [-0.2, 0) is 11.3 Å². The molecule has 2 rings (SSSR count). The zero-order valence-corrected chi connectivity index (χ0v) is 14.1. The fourth-order valence-corrected chi connectivity index (χ4v) is 3.72. The van der Waals surface area contributed by atoms with Gasteiger partial charge in [-0.05, 0) is 54.4 Å². The molecule has 0 heterocycles. The first kappa shape index (κ1) is 16.0. The molecule has 1 aromatic carbocycles. The van der Waals surface area contributed by atoms with E-state index in [0.717, 1.165) is 22.4 Å². The normalized spacial score (nSPS) is 27.0. The van der Waals surface area contributed by atoms with E-state index in [9.17, 15) is 4.39 Å². The van der Waals surface area contributed by atoms with E-state index in [1.54, 1.807) is 6.07 Å². The first-order valence-corrected chi connectivity index (χ1v) is 8.31. The van der Waals surface area contributed by atoms with Crippen LogP contribution in [0.2, 0.25) is 0 Å². The molecule has 1 aliphatic rings. The molecule has 3 atom stereocenters. The quantitative estimate of drug-likeness (QED) is 0.695. The van der Waals surface area contributed by atoms with Crippen molar-refractivity contribution >= 4 is 15.9 Å². The summed E-state index contributed by atoms with van der Waals surface area (Å²) in [5.41, 5.74) is 0.901. The Balaban J connectivity index is 1.99. The van der Waals surface area contributed by atoms with Gasteiger partial charge in [0.2, 0.25) is 0 Å². The lowest BCUT2D eigenvalue weighted by atomic mass is 9.75. The molecule has 0 bridgehead atoms. The molecule has 112 valence electrons. The molecule has 1 nitrogen and oxygen atoms in total. The second-order valence-electron chi connectivity index (χ2n) is 6.45. The Kier molecular flexibility index (Phi) is 5.62. The van der Waals surface area contributed by atoms with E-state index in [1.165, 1.54) is 18.9 Å². The molecule has 1 fully saturated rings. The molecule has 1 saturated carbocycles. The minimum absolute atomic E-state index is 0.213. The summed E-state index contributed by atoms with van der Waals surface area (Å²) in [6, 6.07) is 4.96. The Labute approximate surface area is 130 Å². The molecular weight excluding hydrogens is 319 g/mol. The SMILES string of the molecule is CC1CCC(C(C)C)C(OCc2cc(F)cc(Br)c2)C1. The van der Waals surface area contributed by atoms with Crippen LogP contribution in [0.5, 0.6) is 0 Å². The maximum Gasteiger partial charge on any atom is 0.124 e. The Morgan fingerprint density at radius 3 is 2.70 bits per heavy atom. The van der Waals surface area contributed by atoms with E-state index in [1.807, 2.05) is 6.07 Å². The van der Waals surface area contributed by atoms with Crippen molar-refractivity contribution in [1.82, 2.24) is 0 Å². The zero-order chi connectivity index (χ0) is 14.7. The van der Waals surface area contributed by atoms with Crippen LogP contribution in [0.15, 0.2) is 22.7 Å². The summed E-state index contributed by atoms with van der Waals surface area (Å²) < 4.78 is 20.3. The van der Waals surface area contributed by atoms with Crippen molar-refractivity contribution in [2.24, 2.45) is 17.8 Å². The summed E-state index contributed by atoms with van der Waals surface area (Å²) in [6.45, 7) is 7.34. The van der Waals surface area contributed by atoms with Crippen LogP contribution in [-0.4, -0.2) is 6.10 Å². The van der Waals surface area contributed by atoms with E-state index < -0.39 is 0 Å². The third-order valence-corrected chi connectivity index (χ3v) is 4.81. The van der Waals surface area contributed by atoms with Crippen molar-refractivity contribution < 1.29 is 9.13 Å². The van der Waals surface area contributed by atoms with Gasteiger partial charge in [0.15, 0.2) is 0 Å². The number of hydrogen-bond donors (Lipinski definition) is 0. The fourth-order valence-electron chi connectivity index (χ4n) is 3.20. The predicted octanol–water partition coefficient (Wildman–Crippen LogP) is 5.57. The third-order valence-electron chi connectivity index (χ3n) is 4.35. The Morgan fingerprint density at radius 2 is 2.05 bits per heavy atom. The largest absolute Gasteiger partial charge is 0.373 e. The van der Waals surface area contributed by atoms with Gasteiger partial charge < -0.3 is 4.74 Å². The predicted molar refractivity (Wildman–Crippen MR) is 84.0 cm³/mol. The molecule has 0 radical (unpaired) electrons. The van der Waals surface area contributed by atoms with Gasteiger partial charge in [-0.3, -0.25) is 0 Å². The van der Waals surface area contributed by atoms with Gasteiger partial charge in [-0.15, -0.1) is 0 Å². The molecule has 0 aliphatic heterocycles. The Morgan fingerprint density at radius 1 is 1.30 bits per heavy atom. The highest BCUT2D eigenvalue weighted by Gasteiger charge is 2.31. The van der Waals surface area contributed by atoms with Crippen molar-refractivity contribution in [3.05, 3.63) is 34.1 Å². The first-order chi connectivity index (χ1) is 9.45. The van der Waals surface area contributed by atoms with Gasteiger partial charge in [-0.1, -0.05) is 43.1 Å². The summed E-state index contributed by atoms with van der Waals surface area (Å²) in [6.07, 6.45) is 3.98. The number of benzene rings is 1. The number of ether oxygens (including phenoxy) is 1. The van der Waals surface area contributed by atoms with E-state index in [0.29, 0.717) is 24.5 Å². The molecule has 0 amide bonds. The van der Waals surface area contributed by atoms with E-state index in [-0.39, 0.29) is 5.82 Å². The van der Waals surface area contributed by atoms with Gasteiger partial charge in [0.1, 0.15) is 5.82 Å². The lowest BCUT2D eigenvalue weighted by Gasteiger charge is -2.37. The molecule has 1 aliphatic carbocycles. The minimum atomic E-state index is -0.213. The molecule has 20 heavy (non-hydrogen) atoms. The molecule has 0 N–H and O–H groups in total. The van der Waals surface area contributed by atoms with Gasteiger partial charge in [0.25, 0.3) is 0 Å². The van der Waals surface area contributed by atoms with Gasteiger partial charge in [-0.25, -0.2) is 4.39 Å². The topological polar surface area (TPSA) is 9.23 Å². The van der Waals surface area contributed by atoms with Crippen LogP contribution in [0, 0.1) is 23.6 Å². The number of rotatable bonds is 4. The van der Waals surface area contributed by atoms with Gasteiger partial charge >= 0.3 is 0 Å². The second kappa shape index (κ2) is 7.04. The second-order valence-corrected chi connectivity index (χ2v) is 7.37. The van der Waals surface area contributed by atoms with Crippen molar-refractivity contribution in [1.29, 1.82) is 0 Å². The molecule has 3 heteroatoms. The van der Waals surface area contributed by atoms with Crippen LogP contribution < -0.4 is 0 Å². The summed E-state index contributed by atoms with van der Waals surface area (Å²) in [5.74, 6) is 1.79. The van der Waals surface area contributed by atoms with E-state index in [4.69, 9.17) is 4.74 Å². The van der Waals surface area contributed by atoms with Crippen molar-refractivity contribution in [3.63, 3.8) is 0 Å². The highest BCUT2D eigenvalue weighted by molar-refractivity contribution is 9.10. The number of hydrogen-bond acceptors (Lipinski definition) is 1. The van der Waals surface area contributed by atoms with Gasteiger partial charge in [-0.2, -0.15) is 0 Å². The standard InChI is InChI=1S/C17H24BrFO/c1-11(2)16-5-4-12(3)6-17(16)20-10-13-7-14(18)9-15(19)8-13/h7-9,11-12,16-17H,4-6,10H2,1-3H3. The maximum atomic E-state index is 13.4. The van der Waals surface area contributed by atoms with E-state index in [2.05, 4.69) is 36.7 Å². The van der Waals surface area contributed by atoms with Crippen LogP contribution >= 0.6 is 15.9 Å². The molecule has 0 aromatic heterocycles. The maximum absolute atomic E-state index is 13.4. The number of halogens is 2. The molecule has 1 aromatic rings. The lowest BCUT2D eigenvalue weighted by Crippen LogP contribution is -2.34. The smallest absolute Gasteiger partial charge is 0.124 e. The minimum Gasteiger partial charge on any atom is -0.373 e. The molecule has 3 unspecified atom stereocenters. The third kappa shape index (κ3) is 4.29.